The average Bonchev–Trinajstić information content (AvgIpc) is 3.25. The zero-order chi connectivity index (χ0) is 43.7. The van der Waals surface area contributed by atoms with E-state index in [2.05, 4.69) is 43.5 Å². The van der Waals surface area contributed by atoms with Gasteiger partial charge in [0.1, 0.15) is 24.4 Å². The third kappa shape index (κ3) is 31.3. The number of amides is 1. The molecule has 0 bridgehead atoms. The predicted molar refractivity (Wildman–Crippen MR) is 249 cm³/mol. The number of unbranched alkanes of at least 4 members (excludes halogenated alkanes) is 28. The van der Waals surface area contributed by atoms with Gasteiger partial charge in [0.05, 0.1) is 25.4 Å². The number of nitrogens with one attached hydrogen (secondary N) is 1. The van der Waals surface area contributed by atoms with E-state index in [9.17, 15) is 30.3 Å². The van der Waals surface area contributed by atoms with E-state index in [-0.39, 0.29) is 12.5 Å². The molecule has 0 radical (unpaired) electrons. The number of allylic oxidation sites excluding steroid dienone is 5. The van der Waals surface area contributed by atoms with Gasteiger partial charge >= 0.3 is 0 Å². The number of carbonyl (C=O) groups is 1. The lowest BCUT2D eigenvalue weighted by Gasteiger charge is -2.40. The van der Waals surface area contributed by atoms with Gasteiger partial charge in [-0.15, -0.1) is 0 Å². The highest BCUT2D eigenvalue weighted by Crippen LogP contribution is 2.23. The molecule has 6 N–H and O–H groups in total. The Morgan fingerprint density at radius 1 is 0.567 bits per heavy atom. The average molecular weight is 850 g/mol. The Morgan fingerprint density at radius 3 is 1.50 bits per heavy atom. The first-order valence-corrected chi connectivity index (χ1v) is 25.2. The molecule has 1 aliphatic heterocycles. The van der Waals surface area contributed by atoms with Gasteiger partial charge in [-0.2, -0.15) is 0 Å². The zero-order valence-electron chi connectivity index (χ0n) is 38.7. The first-order valence-electron chi connectivity index (χ1n) is 25.2. The van der Waals surface area contributed by atoms with Crippen molar-refractivity contribution in [3.8, 4) is 0 Å². The Labute approximate surface area is 368 Å². The molecule has 0 aromatic heterocycles. The van der Waals surface area contributed by atoms with E-state index in [1.165, 1.54) is 135 Å². The van der Waals surface area contributed by atoms with Crippen LogP contribution >= 0.6 is 0 Å². The standard InChI is InChI=1S/C51H95NO8/c1-3-5-7-9-11-13-15-17-18-19-20-21-22-23-24-25-26-27-29-30-32-34-36-38-40-45(54)44(43-59-51-50(58)49(57)48(56)46(42-53)60-51)52-47(55)41-39-37-35-33-31-28-16-14-12-10-8-6-4-2/h8,10,14,16,38,40,44-46,48-51,53-54,56-58H,3-7,9,11-13,15,17-37,39,41-43H2,1-2H3,(H,52,55)/b10-8-,16-14-,40-38+. The van der Waals surface area contributed by atoms with Gasteiger partial charge in [0, 0.05) is 6.42 Å². The Kier molecular flexibility index (Phi) is 39.0. The van der Waals surface area contributed by atoms with Crippen LogP contribution < -0.4 is 5.32 Å². The van der Waals surface area contributed by atoms with Gasteiger partial charge < -0.3 is 40.3 Å². The van der Waals surface area contributed by atoms with Crippen LogP contribution in [-0.2, 0) is 14.3 Å². The lowest BCUT2D eigenvalue weighted by atomic mass is 9.99. The molecule has 7 atom stereocenters. The first-order chi connectivity index (χ1) is 29.3. The summed E-state index contributed by atoms with van der Waals surface area (Å²) in [7, 11) is 0. The molecule has 7 unspecified atom stereocenters. The summed E-state index contributed by atoms with van der Waals surface area (Å²) in [6.45, 7) is 3.71. The molecule has 0 aliphatic carbocycles. The zero-order valence-corrected chi connectivity index (χ0v) is 38.7. The number of aliphatic hydroxyl groups is 5. The van der Waals surface area contributed by atoms with Crippen molar-refractivity contribution in [2.45, 2.75) is 269 Å². The van der Waals surface area contributed by atoms with Gasteiger partial charge in [0.2, 0.25) is 5.91 Å². The van der Waals surface area contributed by atoms with Crippen LogP contribution in [0, 0.1) is 0 Å². The van der Waals surface area contributed by atoms with Crippen molar-refractivity contribution in [1.29, 1.82) is 0 Å². The number of ether oxygens (including phenoxy) is 2. The van der Waals surface area contributed by atoms with E-state index in [1.807, 2.05) is 6.08 Å². The molecule has 1 heterocycles. The second-order valence-corrected chi connectivity index (χ2v) is 17.6. The van der Waals surface area contributed by atoms with Crippen molar-refractivity contribution in [2.75, 3.05) is 13.2 Å². The summed E-state index contributed by atoms with van der Waals surface area (Å²) >= 11 is 0. The summed E-state index contributed by atoms with van der Waals surface area (Å²) in [5, 5.41) is 54.3. The minimum absolute atomic E-state index is 0.191. The Hall–Kier alpha value is -1.59. The molecule has 0 spiro atoms. The number of carbonyl (C=O) groups excluding carboxylic acids is 1. The van der Waals surface area contributed by atoms with E-state index < -0.39 is 49.5 Å². The smallest absolute Gasteiger partial charge is 0.220 e. The van der Waals surface area contributed by atoms with Gasteiger partial charge in [0.15, 0.2) is 6.29 Å². The number of hydrogen-bond donors (Lipinski definition) is 6. The van der Waals surface area contributed by atoms with Crippen LogP contribution in [0.5, 0.6) is 0 Å². The van der Waals surface area contributed by atoms with Crippen molar-refractivity contribution in [3.63, 3.8) is 0 Å². The molecule has 9 nitrogen and oxygen atoms in total. The molecular formula is C51H95NO8. The second-order valence-electron chi connectivity index (χ2n) is 17.6. The highest BCUT2D eigenvalue weighted by Gasteiger charge is 2.44. The Balaban J connectivity index is 2.27. The molecule has 1 amide bonds. The molecule has 0 saturated carbocycles. The summed E-state index contributed by atoms with van der Waals surface area (Å²) in [4.78, 5) is 12.9. The summed E-state index contributed by atoms with van der Waals surface area (Å²) in [5.74, 6) is -0.191. The minimum atomic E-state index is -1.57. The van der Waals surface area contributed by atoms with Crippen LogP contribution in [0.2, 0.25) is 0 Å². The Morgan fingerprint density at radius 2 is 1.02 bits per heavy atom. The van der Waals surface area contributed by atoms with Crippen LogP contribution in [-0.4, -0.2) is 87.5 Å². The van der Waals surface area contributed by atoms with Gasteiger partial charge in [-0.1, -0.05) is 211 Å². The Bertz CT molecular complexity index is 1030. The van der Waals surface area contributed by atoms with Crippen LogP contribution in [0.3, 0.4) is 0 Å². The molecule has 352 valence electrons. The predicted octanol–water partition coefficient (Wildman–Crippen LogP) is 11.2. The van der Waals surface area contributed by atoms with E-state index in [4.69, 9.17) is 9.47 Å². The van der Waals surface area contributed by atoms with Crippen LogP contribution in [0.1, 0.15) is 226 Å². The SMILES string of the molecule is CCC/C=C\C/C=C\CCCCCCCC(=O)NC(COC1OC(CO)C(O)C(O)C1O)C(O)/C=C/CCCCCCCCCCCCCCCCCCCCCCCC. The van der Waals surface area contributed by atoms with Crippen molar-refractivity contribution in [2.24, 2.45) is 0 Å². The fraction of sp³-hybridized carbons (Fsp3) is 0.863. The number of aliphatic hydroxyl groups excluding tert-OH is 5. The molecule has 1 saturated heterocycles. The molecule has 1 aliphatic rings. The maximum atomic E-state index is 12.9. The molecule has 1 rings (SSSR count). The lowest BCUT2D eigenvalue weighted by Crippen LogP contribution is -2.60. The highest BCUT2D eigenvalue weighted by atomic mass is 16.7. The largest absolute Gasteiger partial charge is 0.394 e. The molecule has 60 heavy (non-hydrogen) atoms. The van der Waals surface area contributed by atoms with E-state index in [0.717, 1.165) is 70.6 Å². The van der Waals surface area contributed by atoms with E-state index in [0.29, 0.717) is 6.42 Å². The lowest BCUT2D eigenvalue weighted by molar-refractivity contribution is -0.302. The van der Waals surface area contributed by atoms with Crippen LogP contribution in [0.4, 0.5) is 0 Å². The normalized spacial score (nSPS) is 20.8. The monoisotopic (exact) mass is 850 g/mol. The van der Waals surface area contributed by atoms with Crippen molar-refractivity contribution >= 4 is 5.91 Å². The maximum Gasteiger partial charge on any atom is 0.220 e. The summed E-state index contributed by atoms with van der Waals surface area (Å²) < 4.78 is 11.2. The van der Waals surface area contributed by atoms with Gasteiger partial charge in [0.25, 0.3) is 0 Å². The molecule has 0 aromatic rings. The van der Waals surface area contributed by atoms with Crippen LogP contribution in [0.15, 0.2) is 36.5 Å². The minimum Gasteiger partial charge on any atom is -0.394 e. The fourth-order valence-corrected chi connectivity index (χ4v) is 7.90. The quantitative estimate of drug-likeness (QED) is 0.0263. The van der Waals surface area contributed by atoms with Crippen molar-refractivity contribution in [3.05, 3.63) is 36.5 Å². The third-order valence-electron chi connectivity index (χ3n) is 11.9. The first kappa shape index (κ1) is 56.4. The van der Waals surface area contributed by atoms with Gasteiger partial charge in [-0.05, 0) is 44.9 Å². The molecule has 1 fully saturated rings. The van der Waals surface area contributed by atoms with Crippen molar-refractivity contribution < 1.29 is 39.8 Å². The fourth-order valence-electron chi connectivity index (χ4n) is 7.90. The second kappa shape index (κ2) is 41.4. The van der Waals surface area contributed by atoms with Gasteiger partial charge in [-0.3, -0.25) is 4.79 Å². The van der Waals surface area contributed by atoms with E-state index >= 15 is 0 Å². The number of hydrogen-bond acceptors (Lipinski definition) is 8. The summed E-state index contributed by atoms with van der Waals surface area (Å²) in [6, 6.07) is -0.811. The summed E-state index contributed by atoms with van der Waals surface area (Å²) in [5.41, 5.74) is 0. The summed E-state index contributed by atoms with van der Waals surface area (Å²) in [6.07, 6.45) is 44.9. The van der Waals surface area contributed by atoms with Crippen LogP contribution in [0.25, 0.3) is 0 Å². The van der Waals surface area contributed by atoms with Crippen molar-refractivity contribution in [1.82, 2.24) is 5.32 Å². The van der Waals surface area contributed by atoms with E-state index in [1.54, 1.807) is 6.08 Å². The number of rotatable bonds is 42. The van der Waals surface area contributed by atoms with Gasteiger partial charge in [-0.25, -0.2) is 0 Å². The molecular weight excluding hydrogens is 755 g/mol. The topological polar surface area (TPSA) is 149 Å². The third-order valence-corrected chi connectivity index (χ3v) is 11.9. The molecule has 9 heteroatoms. The molecule has 0 aromatic carbocycles. The maximum absolute atomic E-state index is 12.9. The highest BCUT2D eigenvalue weighted by molar-refractivity contribution is 5.76.